The summed E-state index contributed by atoms with van der Waals surface area (Å²) in [7, 11) is 1.52. The largest absolute Gasteiger partial charge is 0.435 e. The Morgan fingerprint density at radius 2 is 1.68 bits per heavy atom. The van der Waals surface area contributed by atoms with Crippen LogP contribution in [0.4, 0.5) is 0 Å². The summed E-state index contributed by atoms with van der Waals surface area (Å²) in [4.78, 5) is 11.8. The molecule has 3 heteroatoms. The minimum Gasteiger partial charge on any atom is -0.435 e. The van der Waals surface area contributed by atoms with Crippen molar-refractivity contribution in [1.82, 2.24) is 0 Å². The summed E-state index contributed by atoms with van der Waals surface area (Å²) < 4.78 is 9.75. The van der Waals surface area contributed by atoms with Gasteiger partial charge >= 0.3 is 5.97 Å². The van der Waals surface area contributed by atoms with Crippen LogP contribution in [-0.2, 0) is 14.3 Å². The highest BCUT2D eigenvalue weighted by Crippen LogP contribution is 2.57. The highest BCUT2D eigenvalue weighted by molar-refractivity contribution is 5.87. The Bertz CT molecular complexity index is 346. The van der Waals surface area contributed by atoms with Crippen molar-refractivity contribution in [3.63, 3.8) is 0 Å². The highest BCUT2D eigenvalue weighted by atomic mass is 16.7. The smallest absolute Gasteiger partial charge is 0.335 e. The first-order valence-electron chi connectivity index (χ1n) is 7.51. The fourth-order valence-corrected chi connectivity index (χ4v) is 4.95. The molecule has 4 fully saturated rings. The quantitative estimate of drug-likeness (QED) is 0.435. The minimum absolute atomic E-state index is 0.0273. The predicted octanol–water partition coefficient (Wildman–Crippen LogP) is 3.15. The second-order valence-corrected chi connectivity index (χ2v) is 6.74. The zero-order valence-electron chi connectivity index (χ0n) is 11.8. The van der Waals surface area contributed by atoms with Crippen molar-refractivity contribution in [3.8, 4) is 0 Å². The maximum absolute atomic E-state index is 11.8. The standard InChI is InChI=1S/C16H24O3/c1-10(16(17)19-9-18-2)3-15-13-5-11-4-12(7-13)8-14(15)6-11/h11-15H,1,3-9H2,2H3. The van der Waals surface area contributed by atoms with Gasteiger partial charge in [-0.15, -0.1) is 0 Å². The summed E-state index contributed by atoms with van der Waals surface area (Å²) in [5.74, 6) is 4.03. The topological polar surface area (TPSA) is 35.5 Å². The SMILES string of the molecule is C=C(CC1C2CC3CC(C2)CC1C3)C(=O)OCOC. The van der Waals surface area contributed by atoms with Crippen LogP contribution in [0.5, 0.6) is 0 Å². The van der Waals surface area contributed by atoms with Crippen molar-refractivity contribution in [3.05, 3.63) is 12.2 Å². The van der Waals surface area contributed by atoms with Gasteiger partial charge in [-0.25, -0.2) is 4.79 Å². The molecule has 0 radical (unpaired) electrons. The molecule has 4 bridgehead atoms. The van der Waals surface area contributed by atoms with Gasteiger partial charge in [0.2, 0.25) is 0 Å². The van der Waals surface area contributed by atoms with Crippen LogP contribution in [-0.4, -0.2) is 19.9 Å². The van der Waals surface area contributed by atoms with Crippen molar-refractivity contribution in [1.29, 1.82) is 0 Å². The van der Waals surface area contributed by atoms with E-state index in [2.05, 4.69) is 6.58 Å². The third-order valence-corrected chi connectivity index (χ3v) is 5.50. The number of rotatable bonds is 5. The van der Waals surface area contributed by atoms with Crippen molar-refractivity contribution in [2.75, 3.05) is 13.9 Å². The Hall–Kier alpha value is -0.830. The molecule has 3 nitrogen and oxygen atoms in total. The Morgan fingerprint density at radius 3 is 2.21 bits per heavy atom. The van der Waals surface area contributed by atoms with E-state index in [1.54, 1.807) is 0 Å². The van der Waals surface area contributed by atoms with Gasteiger partial charge in [0, 0.05) is 12.7 Å². The fraction of sp³-hybridized carbons (Fsp3) is 0.812. The van der Waals surface area contributed by atoms with Crippen LogP contribution in [0.3, 0.4) is 0 Å². The average molecular weight is 264 g/mol. The Morgan fingerprint density at radius 1 is 1.11 bits per heavy atom. The van der Waals surface area contributed by atoms with Gasteiger partial charge in [-0.05, 0) is 68.1 Å². The summed E-state index contributed by atoms with van der Waals surface area (Å²) in [6, 6.07) is 0. The normalized spacial score (nSPS) is 39.3. The zero-order chi connectivity index (χ0) is 13.4. The maximum Gasteiger partial charge on any atom is 0.335 e. The van der Waals surface area contributed by atoms with E-state index in [4.69, 9.17) is 9.47 Å². The van der Waals surface area contributed by atoms with Gasteiger partial charge in [-0.2, -0.15) is 0 Å². The van der Waals surface area contributed by atoms with Gasteiger partial charge in [0.05, 0.1) is 0 Å². The van der Waals surface area contributed by atoms with Gasteiger partial charge in [0.15, 0.2) is 6.79 Å². The molecular weight excluding hydrogens is 240 g/mol. The minimum atomic E-state index is -0.282. The molecule has 0 saturated heterocycles. The van der Waals surface area contributed by atoms with Crippen LogP contribution < -0.4 is 0 Å². The van der Waals surface area contributed by atoms with Crippen LogP contribution in [0, 0.1) is 29.6 Å². The van der Waals surface area contributed by atoms with Gasteiger partial charge in [0.25, 0.3) is 0 Å². The van der Waals surface area contributed by atoms with Crippen LogP contribution >= 0.6 is 0 Å². The summed E-state index contributed by atoms with van der Waals surface area (Å²) in [5.41, 5.74) is 0.634. The summed E-state index contributed by atoms with van der Waals surface area (Å²) >= 11 is 0. The summed E-state index contributed by atoms with van der Waals surface area (Å²) in [5, 5.41) is 0. The molecule has 0 heterocycles. The zero-order valence-corrected chi connectivity index (χ0v) is 11.8. The molecule has 0 N–H and O–H groups in total. The molecule has 0 aromatic rings. The van der Waals surface area contributed by atoms with Crippen LogP contribution in [0.15, 0.2) is 12.2 Å². The lowest BCUT2D eigenvalue weighted by Gasteiger charge is -2.54. The molecule has 4 aliphatic rings. The number of methoxy groups -OCH3 is 1. The Balaban J connectivity index is 1.58. The van der Waals surface area contributed by atoms with E-state index in [0.717, 1.165) is 30.1 Å². The second-order valence-electron chi connectivity index (χ2n) is 6.74. The highest BCUT2D eigenvalue weighted by Gasteiger charge is 2.48. The third-order valence-electron chi connectivity index (χ3n) is 5.50. The molecule has 19 heavy (non-hydrogen) atoms. The summed E-state index contributed by atoms with van der Waals surface area (Å²) in [6.45, 7) is 3.96. The van der Waals surface area contributed by atoms with Crippen molar-refractivity contribution < 1.29 is 14.3 Å². The molecule has 0 unspecified atom stereocenters. The molecule has 4 rings (SSSR count). The molecule has 0 atom stereocenters. The fourth-order valence-electron chi connectivity index (χ4n) is 4.95. The van der Waals surface area contributed by atoms with E-state index < -0.39 is 0 Å². The molecule has 0 amide bonds. The number of hydrogen-bond acceptors (Lipinski definition) is 3. The lowest BCUT2D eigenvalue weighted by atomic mass is 9.51. The lowest BCUT2D eigenvalue weighted by Crippen LogP contribution is -2.45. The van der Waals surface area contributed by atoms with Crippen LogP contribution in [0.1, 0.15) is 38.5 Å². The molecule has 106 valence electrons. The number of hydrogen-bond donors (Lipinski definition) is 0. The lowest BCUT2D eigenvalue weighted by molar-refractivity contribution is -0.149. The molecular formula is C16H24O3. The number of carbonyl (C=O) groups excluding carboxylic acids is 1. The van der Waals surface area contributed by atoms with Crippen LogP contribution in [0.25, 0.3) is 0 Å². The van der Waals surface area contributed by atoms with Crippen molar-refractivity contribution >= 4 is 5.97 Å². The molecule has 4 aliphatic carbocycles. The van der Waals surface area contributed by atoms with E-state index >= 15 is 0 Å². The van der Waals surface area contributed by atoms with E-state index in [1.165, 1.54) is 39.2 Å². The molecule has 0 aromatic carbocycles. The van der Waals surface area contributed by atoms with Gasteiger partial charge < -0.3 is 9.47 Å². The van der Waals surface area contributed by atoms with Gasteiger partial charge in [-0.1, -0.05) is 6.58 Å². The maximum atomic E-state index is 11.8. The van der Waals surface area contributed by atoms with Crippen molar-refractivity contribution in [2.45, 2.75) is 38.5 Å². The van der Waals surface area contributed by atoms with E-state index in [1.807, 2.05) is 0 Å². The van der Waals surface area contributed by atoms with E-state index in [-0.39, 0.29) is 12.8 Å². The van der Waals surface area contributed by atoms with Gasteiger partial charge in [0.1, 0.15) is 0 Å². The van der Waals surface area contributed by atoms with E-state index in [9.17, 15) is 4.79 Å². The number of esters is 1. The molecule has 0 spiro atoms. The Kier molecular flexibility index (Phi) is 3.66. The molecule has 0 aromatic heterocycles. The van der Waals surface area contributed by atoms with Gasteiger partial charge in [-0.3, -0.25) is 0 Å². The summed E-state index contributed by atoms with van der Waals surface area (Å²) in [6.07, 6.45) is 7.85. The predicted molar refractivity (Wildman–Crippen MR) is 72.3 cm³/mol. The van der Waals surface area contributed by atoms with E-state index in [0.29, 0.717) is 11.5 Å². The average Bonchev–Trinajstić information content (AvgIpc) is 2.39. The van der Waals surface area contributed by atoms with Crippen molar-refractivity contribution in [2.24, 2.45) is 29.6 Å². The first kappa shape index (κ1) is 13.2. The Labute approximate surface area is 115 Å². The number of carbonyl (C=O) groups is 1. The second kappa shape index (κ2) is 5.28. The number of ether oxygens (including phenoxy) is 2. The molecule has 0 aliphatic heterocycles. The first-order valence-corrected chi connectivity index (χ1v) is 7.51. The monoisotopic (exact) mass is 264 g/mol. The van der Waals surface area contributed by atoms with Crippen LogP contribution in [0.2, 0.25) is 0 Å². The molecule has 4 saturated carbocycles. The third kappa shape index (κ3) is 2.58. The first-order chi connectivity index (χ1) is 9.17.